The fourth-order valence-electron chi connectivity index (χ4n) is 4.54. The number of aromatic amines is 1. The molecule has 2 N–H and O–H groups in total. The second-order valence-corrected chi connectivity index (χ2v) is 10.3. The highest BCUT2D eigenvalue weighted by Gasteiger charge is 2.19. The van der Waals surface area contributed by atoms with Crippen molar-refractivity contribution < 1.29 is 9.59 Å². The number of benzene rings is 2. The summed E-state index contributed by atoms with van der Waals surface area (Å²) in [5.74, 6) is -0.381. The van der Waals surface area contributed by atoms with E-state index in [1.54, 1.807) is 31.4 Å². The van der Waals surface area contributed by atoms with E-state index in [1.165, 1.54) is 29.5 Å². The molecule has 0 spiro atoms. The monoisotopic (exact) mass is 564 g/mol. The van der Waals surface area contributed by atoms with Crippen LogP contribution in [0.5, 0.6) is 0 Å². The van der Waals surface area contributed by atoms with Crippen molar-refractivity contribution in [2.75, 3.05) is 30.4 Å². The molecular weight excluding hydrogens is 539 g/mol. The summed E-state index contributed by atoms with van der Waals surface area (Å²) in [7, 11) is 1.67. The van der Waals surface area contributed by atoms with E-state index in [0.29, 0.717) is 34.1 Å². The van der Waals surface area contributed by atoms with Crippen LogP contribution in [0.1, 0.15) is 45.5 Å². The minimum Gasteiger partial charge on any atom is -0.341 e. The third kappa shape index (κ3) is 6.05. The van der Waals surface area contributed by atoms with Crippen molar-refractivity contribution in [3.05, 3.63) is 91.8 Å². The number of nitrogens with one attached hydrogen (secondary N) is 2. The molecule has 9 nitrogen and oxygen atoms in total. The number of halogens is 2. The van der Waals surface area contributed by atoms with Crippen molar-refractivity contribution in [3.63, 3.8) is 0 Å². The van der Waals surface area contributed by atoms with Crippen molar-refractivity contribution in [1.82, 2.24) is 19.9 Å². The molecule has 2 aromatic carbocycles. The Labute approximate surface area is 234 Å². The topological polar surface area (TPSA) is 111 Å². The Balaban J connectivity index is 1.34. The van der Waals surface area contributed by atoms with Crippen LogP contribution < -0.4 is 15.8 Å². The number of H-pyrrole nitrogens is 1. The van der Waals surface area contributed by atoms with Gasteiger partial charge in [0.1, 0.15) is 11.2 Å². The van der Waals surface area contributed by atoms with Gasteiger partial charge in [-0.25, -0.2) is 4.98 Å². The van der Waals surface area contributed by atoms with E-state index in [9.17, 15) is 14.4 Å². The third-order valence-corrected chi connectivity index (χ3v) is 7.15. The fraction of sp³-hybridized carbons (Fsp3) is 0.250. The summed E-state index contributed by atoms with van der Waals surface area (Å²) in [5.41, 5.74) is 1.06. The zero-order chi connectivity index (χ0) is 27.5. The number of fused-ring (bicyclic) bond motifs is 1. The second-order valence-electron chi connectivity index (χ2n) is 9.47. The van der Waals surface area contributed by atoms with E-state index in [-0.39, 0.29) is 22.2 Å². The van der Waals surface area contributed by atoms with Gasteiger partial charge in [0.2, 0.25) is 5.95 Å². The Morgan fingerprint density at radius 2 is 1.87 bits per heavy atom. The summed E-state index contributed by atoms with van der Waals surface area (Å²) in [6, 6.07) is 13.3. The zero-order valence-electron chi connectivity index (χ0n) is 21.2. The normalized spacial score (nSPS) is 13.4. The summed E-state index contributed by atoms with van der Waals surface area (Å²) in [6.07, 6.45) is 4.93. The minimum absolute atomic E-state index is 0.123. The van der Waals surface area contributed by atoms with Gasteiger partial charge in [-0.3, -0.25) is 14.4 Å². The zero-order valence-corrected chi connectivity index (χ0v) is 22.7. The molecule has 39 heavy (non-hydrogen) atoms. The van der Waals surface area contributed by atoms with Crippen LogP contribution in [0, 0.1) is 0 Å². The Hall–Kier alpha value is -3.95. The maximum absolute atomic E-state index is 13.1. The number of carbonyl (C=O) groups excluding carboxylic acids is 2. The molecule has 2 amide bonds. The van der Waals surface area contributed by atoms with Crippen molar-refractivity contribution in [1.29, 1.82) is 0 Å². The average Bonchev–Trinajstić information content (AvgIpc) is 2.93. The smallest absolute Gasteiger partial charge is 0.262 e. The number of hydrogen-bond acceptors (Lipinski definition) is 6. The van der Waals surface area contributed by atoms with Gasteiger partial charge < -0.3 is 20.1 Å². The van der Waals surface area contributed by atoms with Gasteiger partial charge in [-0.2, -0.15) is 4.98 Å². The summed E-state index contributed by atoms with van der Waals surface area (Å²) >= 11 is 12.4. The number of pyridine rings is 1. The first-order valence-corrected chi connectivity index (χ1v) is 13.3. The molecule has 11 heteroatoms. The largest absolute Gasteiger partial charge is 0.341 e. The number of piperidine rings is 1. The van der Waals surface area contributed by atoms with Crippen LogP contribution in [0.3, 0.4) is 0 Å². The van der Waals surface area contributed by atoms with Crippen LogP contribution in [-0.2, 0) is 6.54 Å². The maximum Gasteiger partial charge on any atom is 0.262 e. The summed E-state index contributed by atoms with van der Waals surface area (Å²) < 4.78 is 0. The molecule has 0 saturated carbocycles. The van der Waals surface area contributed by atoms with Gasteiger partial charge in [0.25, 0.3) is 17.4 Å². The molecular formula is C28H26Cl2N6O3. The maximum atomic E-state index is 13.1. The van der Waals surface area contributed by atoms with Gasteiger partial charge in [-0.1, -0.05) is 35.3 Å². The van der Waals surface area contributed by atoms with Crippen molar-refractivity contribution in [3.8, 4) is 0 Å². The summed E-state index contributed by atoms with van der Waals surface area (Å²) in [5, 5.41) is 4.00. The third-order valence-electron chi connectivity index (χ3n) is 6.58. The van der Waals surface area contributed by atoms with Gasteiger partial charge in [-0.05, 0) is 61.2 Å². The number of nitrogens with zero attached hydrogens (tertiary/aromatic N) is 4. The Morgan fingerprint density at radius 1 is 1.08 bits per heavy atom. The fourth-order valence-corrected chi connectivity index (χ4v) is 4.92. The molecule has 5 rings (SSSR count). The first-order chi connectivity index (χ1) is 18.8. The second kappa shape index (κ2) is 11.4. The number of carbonyl (C=O) groups is 2. The van der Waals surface area contributed by atoms with E-state index in [2.05, 4.69) is 25.2 Å². The number of aromatic nitrogens is 3. The highest BCUT2D eigenvalue weighted by atomic mass is 35.5. The highest BCUT2D eigenvalue weighted by molar-refractivity contribution is 6.34. The Bertz CT molecular complexity index is 1620. The lowest BCUT2D eigenvalue weighted by Gasteiger charge is -2.26. The first-order valence-electron chi connectivity index (χ1n) is 12.5. The predicted octanol–water partition coefficient (Wildman–Crippen LogP) is 5.14. The average molecular weight is 565 g/mol. The van der Waals surface area contributed by atoms with Crippen LogP contribution in [0.2, 0.25) is 10.0 Å². The molecule has 0 unspecified atom stereocenters. The lowest BCUT2D eigenvalue weighted by Crippen LogP contribution is -2.31. The molecule has 4 aromatic rings. The number of rotatable bonds is 6. The van der Waals surface area contributed by atoms with E-state index < -0.39 is 11.5 Å². The lowest BCUT2D eigenvalue weighted by atomic mass is 10.1. The predicted molar refractivity (Wildman–Crippen MR) is 153 cm³/mol. The lowest BCUT2D eigenvalue weighted by molar-refractivity contribution is 0.0784. The van der Waals surface area contributed by atoms with Crippen LogP contribution >= 0.6 is 23.2 Å². The number of anilines is 2. The van der Waals surface area contributed by atoms with E-state index in [1.807, 2.05) is 12.1 Å². The molecule has 1 fully saturated rings. The molecule has 200 valence electrons. The van der Waals surface area contributed by atoms with Crippen LogP contribution in [0.4, 0.5) is 11.6 Å². The molecule has 0 radical (unpaired) electrons. The van der Waals surface area contributed by atoms with Gasteiger partial charge in [0.05, 0.1) is 10.7 Å². The summed E-state index contributed by atoms with van der Waals surface area (Å²) in [4.78, 5) is 54.2. The molecule has 1 saturated heterocycles. The Kier molecular flexibility index (Phi) is 7.81. The van der Waals surface area contributed by atoms with Gasteiger partial charge in [0.15, 0.2) is 0 Å². The van der Waals surface area contributed by atoms with Crippen molar-refractivity contribution in [2.24, 2.45) is 0 Å². The van der Waals surface area contributed by atoms with E-state index >= 15 is 0 Å². The molecule has 1 aliphatic heterocycles. The standard InChI is InChI=1S/C28H26Cl2N6O3/c1-35(16-17-6-5-7-20(29)12-17)27(39)18-8-9-22(30)23(14-18)32-25(37)21-13-19-15-31-28(34-24(19)33-26(21)38)36-10-3-2-4-11-36/h5-9,12-15H,2-4,10-11,16H2,1H3,(H,32,37)(H,31,33,34,38). The number of amides is 2. The molecule has 0 aliphatic carbocycles. The SMILES string of the molecule is CN(Cc1cccc(Cl)c1)C(=O)c1ccc(Cl)c(NC(=O)c2cc3cnc(N4CCCCC4)nc3[nH]c2=O)c1. The molecule has 0 bridgehead atoms. The van der Waals surface area contributed by atoms with Crippen LogP contribution in [0.25, 0.3) is 11.0 Å². The van der Waals surface area contributed by atoms with E-state index in [4.69, 9.17) is 23.2 Å². The molecule has 3 heterocycles. The van der Waals surface area contributed by atoms with Gasteiger partial charge >= 0.3 is 0 Å². The quantitative estimate of drug-likeness (QED) is 0.335. The van der Waals surface area contributed by atoms with Crippen LogP contribution in [-0.4, -0.2) is 51.8 Å². The highest BCUT2D eigenvalue weighted by Crippen LogP contribution is 2.25. The number of hydrogen-bond donors (Lipinski definition) is 2. The van der Waals surface area contributed by atoms with Gasteiger partial charge in [0, 0.05) is 48.9 Å². The summed E-state index contributed by atoms with van der Waals surface area (Å²) in [6.45, 7) is 2.08. The molecule has 0 atom stereocenters. The first kappa shape index (κ1) is 26.6. The molecule has 1 aliphatic rings. The minimum atomic E-state index is -0.669. The van der Waals surface area contributed by atoms with E-state index in [0.717, 1.165) is 31.5 Å². The van der Waals surface area contributed by atoms with Crippen molar-refractivity contribution in [2.45, 2.75) is 25.8 Å². The van der Waals surface area contributed by atoms with Crippen LogP contribution in [0.15, 0.2) is 59.5 Å². The van der Waals surface area contributed by atoms with Gasteiger partial charge in [-0.15, -0.1) is 0 Å². The van der Waals surface area contributed by atoms with Crippen molar-refractivity contribution >= 4 is 57.7 Å². The Morgan fingerprint density at radius 3 is 2.64 bits per heavy atom. The molecule has 2 aromatic heterocycles.